The molecule has 57 heavy (non-hydrogen) atoms. The van der Waals surface area contributed by atoms with Gasteiger partial charge in [0.25, 0.3) is 0 Å². The van der Waals surface area contributed by atoms with Crippen LogP contribution in [0.25, 0.3) is 77.2 Å². The maximum atomic E-state index is 9.76. The molecule has 0 radical (unpaired) electrons. The number of para-hydroxylation sites is 1. The van der Waals surface area contributed by atoms with Crippen LogP contribution in [0.1, 0.15) is 5.48 Å². The Hall–Kier alpha value is -7.48. The van der Waals surface area contributed by atoms with Gasteiger partial charge in [0.15, 0.2) is 0 Å². The van der Waals surface area contributed by atoms with Gasteiger partial charge in [-0.3, -0.25) is 0 Å². The van der Waals surface area contributed by atoms with Crippen LogP contribution in [0.5, 0.6) is 0 Å². The zero-order chi connectivity index (χ0) is 41.5. The Morgan fingerprint density at radius 2 is 0.807 bits per heavy atom. The molecular formula is C56H39N. The van der Waals surface area contributed by atoms with Crippen LogP contribution in [-0.2, 0) is 0 Å². The molecule has 1 heteroatoms. The highest BCUT2D eigenvalue weighted by molar-refractivity contribution is 5.99. The van der Waals surface area contributed by atoms with E-state index >= 15 is 0 Å². The number of hydrogen-bond acceptors (Lipinski definition) is 1. The minimum Gasteiger partial charge on any atom is -0.310 e. The van der Waals surface area contributed by atoms with Gasteiger partial charge in [-0.25, -0.2) is 0 Å². The molecule has 0 saturated carbocycles. The summed E-state index contributed by atoms with van der Waals surface area (Å²) in [5.41, 5.74) is 10.8. The Kier molecular flexibility index (Phi) is 7.84. The molecule has 10 aromatic rings. The molecule has 0 bridgehead atoms. The van der Waals surface area contributed by atoms with Crippen molar-refractivity contribution >= 4 is 38.6 Å². The van der Waals surface area contributed by atoms with Crippen molar-refractivity contribution in [3.63, 3.8) is 0 Å². The number of benzene rings is 10. The first-order chi connectivity index (χ1) is 30.0. The van der Waals surface area contributed by atoms with E-state index in [1.165, 1.54) is 5.39 Å². The van der Waals surface area contributed by atoms with Gasteiger partial charge in [0.05, 0.1) is 11.2 Å². The summed E-state index contributed by atoms with van der Waals surface area (Å²) in [6, 6.07) is 71.4. The fourth-order valence-corrected chi connectivity index (χ4v) is 7.99. The van der Waals surface area contributed by atoms with E-state index < -0.39 is 0 Å². The maximum absolute atomic E-state index is 9.76. The second-order valence-corrected chi connectivity index (χ2v) is 14.2. The van der Waals surface area contributed by atoms with Crippen LogP contribution in [0.3, 0.4) is 0 Å². The second kappa shape index (κ2) is 15.0. The van der Waals surface area contributed by atoms with E-state index in [0.29, 0.717) is 11.3 Å². The summed E-state index contributed by atoms with van der Waals surface area (Å²) in [7, 11) is 0. The minimum absolute atomic E-state index is 0.0974. The molecule has 0 saturated heterocycles. The van der Waals surface area contributed by atoms with Gasteiger partial charge in [-0.15, -0.1) is 0 Å². The average molecular weight is 730 g/mol. The molecule has 0 amide bonds. The molecule has 0 fully saturated rings. The molecule has 0 N–H and O–H groups in total. The molecule has 0 aromatic heterocycles. The van der Waals surface area contributed by atoms with E-state index in [-0.39, 0.29) is 35.4 Å². The first-order valence-electron chi connectivity index (χ1n) is 21.3. The molecular weight excluding hydrogens is 687 g/mol. The van der Waals surface area contributed by atoms with Crippen molar-refractivity contribution in [1.82, 2.24) is 0 Å². The predicted molar refractivity (Wildman–Crippen MR) is 243 cm³/mol. The molecule has 1 nitrogen and oxygen atoms in total. The molecule has 0 heterocycles. The third-order valence-corrected chi connectivity index (χ3v) is 10.8. The number of rotatable bonds is 8. The van der Waals surface area contributed by atoms with Crippen LogP contribution < -0.4 is 4.90 Å². The van der Waals surface area contributed by atoms with Gasteiger partial charge < -0.3 is 4.90 Å². The SMILES string of the molecule is [2H]c1c([2H])c(N(c2ccc(-c3ccc4ccccc4c3)cc2)c2ccccc2-c2ccccc2-c2ccccc2-c2ccccc2)c([2H])c([2H])c1-c1cccc2ccccc12. The van der Waals surface area contributed by atoms with Crippen LogP contribution in [0, 0.1) is 0 Å². The molecule has 0 unspecified atom stereocenters. The summed E-state index contributed by atoms with van der Waals surface area (Å²) in [6.45, 7) is 0. The highest BCUT2D eigenvalue weighted by Gasteiger charge is 2.20. The minimum atomic E-state index is -0.125. The zero-order valence-electron chi connectivity index (χ0n) is 35.2. The van der Waals surface area contributed by atoms with Gasteiger partial charge in [-0.2, -0.15) is 0 Å². The number of hydrogen-bond donors (Lipinski definition) is 0. The molecule has 0 spiro atoms. The average Bonchev–Trinajstić information content (AvgIpc) is 3.32. The largest absolute Gasteiger partial charge is 0.310 e. The number of fused-ring (bicyclic) bond motifs is 2. The zero-order valence-corrected chi connectivity index (χ0v) is 31.2. The molecule has 10 rings (SSSR count). The summed E-state index contributed by atoms with van der Waals surface area (Å²) in [5, 5.41) is 4.17. The highest BCUT2D eigenvalue weighted by Crippen LogP contribution is 2.46. The molecule has 0 atom stereocenters. The van der Waals surface area contributed by atoms with Gasteiger partial charge in [-0.05, 0) is 108 Å². The lowest BCUT2D eigenvalue weighted by Crippen LogP contribution is -2.11. The van der Waals surface area contributed by atoms with E-state index in [1.54, 1.807) is 0 Å². The first-order valence-corrected chi connectivity index (χ1v) is 19.3. The summed E-state index contributed by atoms with van der Waals surface area (Å²) in [4.78, 5) is 1.91. The van der Waals surface area contributed by atoms with Crippen LogP contribution >= 0.6 is 0 Å². The van der Waals surface area contributed by atoms with Crippen molar-refractivity contribution in [3.05, 3.63) is 236 Å². The Labute approximate surface area is 340 Å². The molecule has 268 valence electrons. The first kappa shape index (κ1) is 29.8. The van der Waals surface area contributed by atoms with E-state index in [9.17, 15) is 5.48 Å². The molecule has 0 aliphatic carbocycles. The summed E-state index contributed by atoms with van der Waals surface area (Å²) < 4.78 is 38.7. The normalized spacial score (nSPS) is 12.1. The fourth-order valence-electron chi connectivity index (χ4n) is 7.99. The van der Waals surface area contributed by atoms with Crippen molar-refractivity contribution < 1.29 is 5.48 Å². The van der Waals surface area contributed by atoms with Crippen molar-refractivity contribution in [2.24, 2.45) is 0 Å². The Balaban J connectivity index is 1.19. The summed E-state index contributed by atoms with van der Waals surface area (Å²) >= 11 is 0. The number of anilines is 3. The smallest absolute Gasteiger partial charge is 0.0645 e. The van der Waals surface area contributed by atoms with E-state index in [4.69, 9.17) is 0 Å². The summed E-state index contributed by atoms with van der Waals surface area (Å²) in [6.07, 6.45) is 0. The highest BCUT2D eigenvalue weighted by atomic mass is 15.1. The molecule has 10 aromatic carbocycles. The number of nitrogens with zero attached hydrogens (tertiary/aromatic N) is 1. The Morgan fingerprint density at radius 1 is 0.281 bits per heavy atom. The molecule has 0 aliphatic heterocycles. The van der Waals surface area contributed by atoms with Gasteiger partial charge in [-0.1, -0.05) is 200 Å². The standard InChI is InChI=1S/C56H39N/c1-2-16-42(17-3-1)51-22-8-9-23-52(51)53-24-10-11-25-54(53)55-26-12-13-28-56(55)57(47-35-31-41(32-36-47)46-30-29-40-15-4-5-19-45(40)39-46)48-37-33-44(34-38-48)50-27-14-20-43-18-6-7-21-49(43)50/h1-39H/i33D,34D,37D,38D. The van der Waals surface area contributed by atoms with E-state index in [0.717, 1.165) is 66.4 Å². The van der Waals surface area contributed by atoms with Crippen molar-refractivity contribution in [2.45, 2.75) is 0 Å². The maximum Gasteiger partial charge on any atom is 0.0645 e. The van der Waals surface area contributed by atoms with Crippen LogP contribution in [0.2, 0.25) is 0 Å². The summed E-state index contributed by atoms with van der Waals surface area (Å²) in [5.74, 6) is 0. The third-order valence-electron chi connectivity index (χ3n) is 10.8. The van der Waals surface area contributed by atoms with Crippen LogP contribution in [0.4, 0.5) is 17.1 Å². The monoisotopic (exact) mass is 729 g/mol. The van der Waals surface area contributed by atoms with Crippen molar-refractivity contribution in [1.29, 1.82) is 0 Å². The molecule has 0 aliphatic rings. The quantitative estimate of drug-likeness (QED) is 0.151. The Bertz CT molecular complexity index is 3210. The topological polar surface area (TPSA) is 3.24 Å². The lowest BCUT2D eigenvalue weighted by molar-refractivity contribution is 1.28. The predicted octanol–water partition coefficient (Wildman–Crippen LogP) is 15.8. The van der Waals surface area contributed by atoms with Gasteiger partial charge in [0, 0.05) is 16.9 Å². The van der Waals surface area contributed by atoms with Crippen LogP contribution in [0.15, 0.2) is 236 Å². The third kappa shape index (κ3) is 6.56. The second-order valence-electron chi connectivity index (χ2n) is 14.2. The van der Waals surface area contributed by atoms with E-state index in [1.807, 2.05) is 102 Å². The van der Waals surface area contributed by atoms with Crippen molar-refractivity contribution in [2.75, 3.05) is 4.90 Å². The van der Waals surface area contributed by atoms with Gasteiger partial charge in [0.1, 0.15) is 0 Å². The van der Waals surface area contributed by atoms with Crippen molar-refractivity contribution in [3.8, 4) is 55.6 Å². The van der Waals surface area contributed by atoms with E-state index in [2.05, 4.69) is 115 Å². The van der Waals surface area contributed by atoms with Crippen LogP contribution in [-0.4, -0.2) is 0 Å². The fraction of sp³-hybridized carbons (Fsp3) is 0. The van der Waals surface area contributed by atoms with Gasteiger partial charge in [0.2, 0.25) is 0 Å². The lowest BCUT2D eigenvalue weighted by atomic mass is 9.88. The van der Waals surface area contributed by atoms with Gasteiger partial charge >= 0.3 is 0 Å². The Morgan fingerprint density at radius 3 is 1.56 bits per heavy atom. The lowest BCUT2D eigenvalue weighted by Gasteiger charge is -2.29.